The molecule has 0 aliphatic heterocycles. The number of aryl methyl sites for hydroxylation is 2. The number of carbonyl (C=O) groups excluding carboxylic acids is 1. The number of halogens is 1. The lowest BCUT2D eigenvalue weighted by atomic mass is 10.0. The van der Waals surface area contributed by atoms with Crippen molar-refractivity contribution in [1.82, 2.24) is 25.4 Å². The smallest absolute Gasteiger partial charge is 0.326 e. The summed E-state index contributed by atoms with van der Waals surface area (Å²) in [6.07, 6.45) is 1.20. The fourth-order valence-corrected chi connectivity index (χ4v) is 3.98. The molecule has 0 radical (unpaired) electrons. The van der Waals surface area contributed by atoms with E-state index in [1.165, 1.54) is 18.3 Å². The van der Waals surface area contributed by atoms with Crippen molar-refractivity contribution >= 4 is 11.9 Å². The molecule has 0 aliphatic carbocycles. The molecule has 9 nitrogen and oxygen atoms in total. The zero-order valence-corrected chi connectivity index (χ0v) is 21.1. The highest BCUT2D eigenvalue weighted by molar-refractivity contribution is 5.95. The van der Waals surface area contributed by atoms with Crippen LogP contribution in [0.4, 0.5) is 4.39 Å². The molecule has 0 fully saturated rings. The SMILES string of the molecule is Cc1ccc(-c2ncc(C(=O)NC(Cc3ccc(-c4noc(-c5ccc(C)cc5)n4)c(F)c3)C(=O)O)[nH]2)cc1. The number of amides is 1. The van der Waals surface area contributed by atoms with Crippen LogP contribution in [0.1, 0.15) is 27.2 Å². The van der Waals surface area contributed by atoms with Gasteiger partial charge in [-0.25, -0.2) is 14.2 Å². The Morgan fingerprint density at radius 3 is 2.31 bits per heavy atom. The predicted octanol–water partition coefficient (Wildman–Crippen LogP) is 4.98. The van der Waals surface area contributed by atoms with E-state index in [0.717, 1.165) is 16.7 Å². The third-order valence-electron chi connectivity index (χ3n) is 6.19. The van der Waals surface area contributed by atoms with Gasteiger partial charge in [-0.1, -0.05) is 58.7 Å². The molecule has 1 amide bonds. The highest BCUT2D eigenvalue weighted by Crippen LogP contribution is 2.25. The largest absolute Gasteiger partial charge is 0.480 e. The van der Waals surface area contributed by atoms with Gasteiger partial charge >= 0.3 is 5.97 Å². The monoisotopic (exact) mass is 525 g/mol. The molecule has 1 unspecified atom stereocenters. The highest BCUT2D eigenvalue weighted by atomic mass is 19.1. The van der Waals surface area contributed by atoms with Gasteiger partial charge in [0.15, 0.2) is 0 Å². The molecule has 5 aromatic rings. The molecule has 0 spiro atoms. The molecule has 10 heteroatoms. The molecule has 196 valence electrons. The van der Waals surface area contributed by atoms with Crippen LogP contribution in [0.2, 0.25) is 0 Å². The summed E-state index contributed by atoms with van der Waals surface area (Å²) >= 11 is 0. The van der Waals surface area contributed by atoms with Gasteiger partial charge in [-0.05, 0) is 43.7 Å². The van der Waals surface area contributed by atoms with Crippen LogP contribution in [0.25, 0.3) is 34.2 Å². The first-order chi connectivity index (χ1) is 18.8. The van der Waals surface area contributed by atoms with Gasteiger partial charge in [-0.3, -0.25) is 4.79 Å². The molecule has 5 rings (SSSR count). The van der Waals surface area contributed by atoms with Crippen LogP contribution >= 0.6 is 0 Å². The van der Waals surface area contributed by atoms with E-state index in [2.05, 4.69) is 25.4 Å². The number of aromatic amines is 1. The average molecular weight is 526 g/mol. The van der Waals surface area contributed by atoms with Crippen LogP contribution in [0.3, 0.4) is 0 Å². The zero-order valence-electron chi connectivity index (χ0n) is 21.1. The van der Waals surface area contributed by atoms with Crippen LogP contribution in [0.15, 0.2) is 77.4 Å². The second-order valence-electron chi connectivity index (χ2n) is 9.18. The number of aromatic nitrogens is 4. The van der Waals surface area contributed by atoms with Crippen LogP contribution in [0, 0.1) is 19.7 Å². The van der Waals surface area contributed by atoms with Gasteiger partial charge in [0, 0.05) is 17.5 Å². The Morgan fingerprint density at radius 1 is 1.00 bits per heavy atom. The van der Waals surface area contributed by atoms with Gasteiger partial charge in [0.05, 0.1) is 11.8 Å². The van der Waals surface area contributed by atoms with E-state index in [-0.39, 0.29) is 29.4 Å². The van der Waals surface area contributed by atoms with Crippen molar-refractivity contribution in [3.63, 3.8) is 0 Å². The standard InChI is InChI=1S/C29H24FN5O4/c1-16-3-8-19(9-4-16)25-31-15-24(32-25)27(36)33-23(29(37)38)14-18-7-12-21(22(30)13-18)26-34-28(39-35-26)20-10-5-17(2)6-11-20/h3-13,15,23H,14H2,1-2H3,(H,31,32)(H,33,36)(H,37,38). The molecular formula is C29H24FN5O4. The maximum atomic E-state index is 15.0. The summed E-state index contributed by atoms with van der Waals surface area (Å²) in [6, 6.07) is 18.0. The highest BCUT2D eigenvalue weighted by Gasteiger charge is 2.23. The number of benzene rings is 3. The number of carboxylic acids is 1. The van der Waals surface area contributed by atoms with Gasteiger partial charge < -0.3 is 19.9 Å². The number of H-pyrrole nitrogens is 1. The molecular weight excluding hydrogens is 501 g/mol. The summed E-state index contributed by atoms with van der Waals surface area (Å²) in [7, 11) is 0. The van der Waals surface area contributed by atoms with E-state index in [9.17, 15) is 19.1 Å². The number of imidazole rings is 1. The van der Waals surface area contributed by atoms with E-state index in [1.54, 1.807) is 6.07 Å². The third-order valence-corrected chi connectivity index (χ3v) is 6.19. The molecule has 2 aromatic heterocycles. The Hall–Kier alpha value is -5.12. The number of carboxylic acid groups (broad SMARTS) is 1. The van der Waals surface area contributed by atoms with Gasteiger partial charge in [0.25, 0.3) is 11.8 Å². The van der Waals surface area contributed by atoms with Crippen molar-refractivity contribution in [1.29, 1.82) is 0 Å². The van der Waals surface area contributed by atoms with E-state index >= 15 is 0 Å². The molecule has 0 bridgehead atoms. The molecule has 39 heavy (non-hydrogen) atoms. The van der Waals surface area contributed by atoms with Crippen LogP contribution in [-0.4, -0.2) is 43.1 Å². The lowest BCUT2D eigenvalue weighted by Crippen LogP contribution is -2.42. The van der Waals surface area contributed by atoms with Crippen molar-refractivity contribution in [2.45, 2.75) is 26.3 Å². The zero-order chi connectivity index (χ0) is 27.5. The minimum Gasteiger partial charge on any atom is -0.480 e. The van der Waals surface area contributed by atoms with Crippen molar-refractivity contribution in [2.24, 2.45) is 0 Å². The Labute approximate surface area is 222 Å². The van der Waals surface area contributed by atoms with Gasteiger partial charge in [0.2, 0.25) is 5.82 Å². The van der Waals surface area contributed by atoms with Crippen molar-refractivity contribution in [2.75, 3.05) is 0 Å². The lowest BCUT2D eigenvalue weighted by molar-refractivity contribution is -0.139. The predicted molar refractivity (Wildman–Crippen MR) is 141 cm³/mol. The Kier molecular flexibility index (Phi) is 7.00. The second kappa shape index (κ2) is 10.7. The second-order valence-corrected chi connectivity index (χ2v) is 9.18. The topological polar surface area (TPSA) is 134 Å². The first-order valence-corrected chi connectivity index (χ1v) is 12.1. The van der Waals surface area contributed by atoms with Crippen LogP contribution < -0.4 is 5.32 Å². The van der Waals surface area contributed by atoms with E-state index < -0.39 is 23.7 Å². The molecule has 3 N–H and O–H groups in total. The first kappa shape index (κ1) is 25.5. The van der Waals surface area contributed by atoms with E-state index in [0.29, 0.717) is 17.0 Å². The number of nitrogens with one attached hydrogen (secondary N) is 2. The maximum Gasteiger partial charge on any atom is 0.326 e. The van der Waals surface area contributed by atoms with Crippen molar-refractivity contribution in [3.05, 3.63) is 101 Å². The summed E-state index contributed by atoms with van der Waals surface area (Å²) in [5.41, 5.74) is 4.25. The van der Waals surface area contributed by atoms with E-state index in [1.807, 2.05) is 62.4 Å². The van der Waals surface area contributed by atoms with Crippen LogP contribution in [0.5, 0.6) is 0 Å². The van der Waals surface area contributed by atoms with Gasteiger partial charge in [-0.2, -0.15) is 4.98 Å². The summed E-state index contributed by atoms with van der Waals surface area (Å²) in [4.78, 5) is 36.0. The lowest BCUT2D eigenvalue weighted by Gasteiger charge is -2.14. The minimum atomic E-state index is -1.30. The fraction of sp³-hybridized carbons (Fsp3) is 0.138. The molecule has 0 saturated carbocycles. The molecule has 3 aromatic carbocycles. The third kappa shape index (κ3) is 5.74. The number of rotatable bonds is 8. The van der Waals surface area contributed by atoms with Crippen molar-refractivity contribution in [3.8, 4) is 34.2 Å². The molecule has 0 saturated heterocycles. The normalized spacial score (nSPS) is 11.8. The number of hydrogen-bond acceptors (Lipinski definition) is 6. The number of aliphatic carboxylic acids is 1. The Morgan fingerprint density at radius 2 is 1.67 bits per heavy atom. The Bertz CT molecular complexity index is 1640. The minimum absolute atomic E-state index is 0.0707. The summed E-state index contributed by atoms with van der Waals surface area (Å²) < 4.78 is 20.3. The van der Waals surface area contributed by atoms with Crippen molar-refractivity contribution < 1.29 is 23.6 Å². The fourth-order valence-electron chi connectivity index (χ4n) is 3.98. The van der Waals surface area contributed by atoms with E-state index in [4.69, 9.17) is 4.52 Å². The summed E-state index contributed by atoms with van der Waals surface area (Å²) in [5.74, 6) is -1.73. The summed E-state index contributed by atoms with van der Waals surface area (Å²) in [6.45, 7) is 3.92. The molecule has 1 atom stereocenters. The first-order valence-electron chi connectivity index (χ1n) is 12.1. The van der Waals surface area contributed by atoms with Crippen LogP contribution in [-0.2, 0) is 11.2 Å². The molecule has 0 aliphatic rings. The van der Waals surface area contributed by atoms with Gasteiger partial charge in [-0.15, -0.1) is 0 Å². The maximum absolute atomic E-state index is 15.0. The number of nitrogens with zero attached hydrogens (tertiary/aromatic N) is 3. The number of hydrogen-bond donors (Lipinski definition) is 3. The Balaban J connectivity index is 1.28. The summed E-state index contributed by atoms with van der Waals surface area (Å²) in [5, 5.41) is 16.1. The quantitative estimate of drug-likeness (QED) is 0.260. The van der Waals surface area contributed by atoms with Gasteiger partial charge in [0.1, 0.15) is 23.4 Å². The number of carbonyl (C=O) groups is 2. The average Bonchev–Trinajstić information content (AvgIpc) is 3.60. The molecule has 2 heterocycles.